The van der Waals surface area contributed by atoms with Crippen molar-refractivity contribution < 1.29 is 4.79 Å². The van der Waals surface area contributed by atoms with E-state index in [1.165, 1.54) is 31.6 Å². The van der Waals surface area contributed by atoms with Crippen LogP contribution in [0, 0.1) is 5.92 Å². The van der Waals surface area contributed by atoms with Crippen LogP contribution in [0.3, 0.4) is 0 Å². The average molecular weight is 231 g/mol. The minimum atomic E-state index is 0.133. The van der Waals surface area contributed by atoms with Crippen LogP contribution >= 0.6 is 0 Å². The van der Waals surface area contributed by atoms with E-state index in [9.17, 15) is 4.79 Å². The first-order valence-corrected chi connectivity index (χ1v) is 6.53. The lowest BCUT2D eigenvalue weighted by Gasteiger charge is -2.17. The number of Topliss-reactive ketones (excluding diaryl/α,β-unsaturated/α-hetero) is 1. The summed E-state index contributed by atoms with van der Waals surface area (Å²) in [6.07, 6.45) is 3.17. The molecule has 1 aliphatic rings. The highest BCUT2D eigenvalue weighted by molar-refractivity contribution is 5.82. The Morgan fingerprint density at radius 2 is 1.76 bits per heavy atom. The second-order valence-corrected chi connectivity index (χ2v) is 5.16. The average Bonchev–Trinajstić information content (AvgIpc) is 2.83. The fourth-order valence-electron chi connectivity index (χ4n) is 2.21. The van der Waals surface area contributed by atoms with Crippen LogP contribution in [0.2, 0.25) is 0 Å². The van der Waals surface area contributed by atoms with Crippen molar-refractivity contribution in [2.45, 2.75) is 33.1 Å². The first-order chi connectivity index (χ1) is 8.16. The molecule has 1 fully saturated rings. The number of rotatable bonds is 4. The van der Waals surface area contributed by atoms with Crippen molar-refractivity contribution >= 4 is 11.5 Å². The van der Waals surface area contributed by atoms with Gasteiger partial charge in [0.2, 0.25) is 0 Å². The lowest BCUT2D eigenvalue weighted by Crippen LogP contribution is -2.17. The van der Waals surface area contributed by atoms with Crippen molar-refractivity contribution in [3.05, 3.63) is 29.8 Å². The molecule has 2 nitrogen and oxygen atoms in total. The number of hydrogen-bond donors (Lipinski definition) is 0. The summed E-state index contributed by atoms with van der Waals surface area (Å²) in [5.74, 6) is 0.451. The summed E-state index contributed by atoms with van der Waals surface area (Å²) in [6.45, 7) is 6.26. The highest BCUT2D eigenvalue weighted by atomic mass is 16.1. The Kier molecular flexibility index (Phi) is 3.82. The Hall–Kier alpha value is -1.31. The molecule has 1 saturated heterocycles. The van der Waals surface area contributed by atoms with Gasteiger partial charge in [0.05, 0.1) is 0 Å². The fraction of sp³-hybridized carbons (Fsp3) is 0.533. The van der Waals surface area contributed by atoms with Gasteiger partial charge in [0, 0.05) is 31.1 Å². The third-order valence-corrected chi connectivity index (χ3v) is 3.43. The summed E-state index contributed by atoms with van der Waals surface area (Å²) in [7, 11) is 0. The van der Waals surface area contributed by atoms with E-state index in [1.54, 1.807) is 0 Å². The quantitative estimate of drug-likeness (QED) is 0.793. The first kappa shape index (κ1) is 12.2. The Morgan fingerprint density at radius 1 is 1.18 bits per heavy atom. The molecule has 2 heteroatoms. The van der Waals surface area contributed by atoms with Crippen LogP contribution in [0.5, 0.6) is 0 Å². The SMILES string of the molecule is CC(C)C(=O)Cc1ccc(N2CCCC2)cc1. The standard InChI is InChI=1S/C15H21NO/c1-12(2)15(17)11-13-5-7-14(8-6-13)16-9-3-4-10-16/h5-8,12H,3-4,9-11H2,1-2H3. The summed E-state index contributed by atoms with van der Waals surface area (Å²) in [6, 6.07) is 8.48. The number of hydrogen-bond acceptors (Lipinski definition) is 2. The van der Waals surface area contributed by atoms with Gasteiger partial charge in [0.25, 0.3) is 0 Å². The monoisotopic (exact) mass is 231 g/mol. The summed E-state index contributed by atoms with van der Waals surface area (Å²) in [5, 5.41) is 0. The molecule has 1 heterocycles. The predicted molar refractivity (Wildman–Crippen MR) is 71.4 cm³/mol. The van der Waals surface area contributed by atoms with Crippen molar-refractivity contribution in [3.8, 4) is 0 Å². The second-order valence-electron chi connectivity index (χ2n) is 5.16. The van der Waals surface area contributed by atoms with E-state index in [2.05, 4.69) is 29.2 Å². The van der Waals surface area contributed by atoms with Gasteiger partial charge in [-0.25, -0.2) is 0 Å². The highest BCUT2D eigenvalue weighted by Crippen LogP contribution is 2.20. The van der Waals surface area contributed by atoms with Crippen LogP contribution in [0.15, 0.2) is 24.3 Å². The van der Waals surface area contributed by atoms with Crippen molar-refractivity contribution in [3.63, 3.8) is 0 Å². The van der Waals surface area contributed by atoms with Gasteiger partial charge in [-0.05, 0) is 30.5 Å². The van der Waals surface area contributed by atoms with E-state index in [4.69, 9.17) is 0 Å². The zero-order valence-electron chi connectivity index (χ0n) is 10.8. The molecule has 0 N–H and O–H groups in total. The zero-order valence-corrected chi connectivity index (χ0v) is 10.8. The van der Waals surface area contributed by atoms with E-state index >= 15 is 0 Å². The van der Waals surface area contributed by atoms with Gasteiger partial charge in [0.15, 0.2) is 0 Å². The molecule has 0 aliphatic carbocycles. The van der Waals surface area contributed by atoms with Crippen molar-refractivity contribution in [1.82, 2.24) is 0 Å². The van der Waals surface area contributed by atoms with E-state index in [1.807, 2.05) is 13.8 Å². The van der Waals surface area contributed by atoms with Gasteiger partial charge in [-0.3, -0.25) is 4.79 Å². The molecule has 0 saturated carbocycles. The first-order valence-electron chi connectivity index (χ1n) is 6.53. The van der Waals surface area contributed by atoms with Crippen LogP contribution in [0.25, 0.3) is 0 Å². The number of carbonyl (C=O) groups excluding carboxylic acids is 1. The molecule has 0 amide bonds. The van der Waals surface area contributed by atoms with E-state index < -0.39 is 0 Å². The molecule has 17 heavy (non-hydrogen) atoms. The Bertz CT molecular complexity index is 374. The number of anilines is 1. The molecule has 0 bridgehead atoms. The van der Waals surface area contributed by atoms with Gasteiger partial charge in [-0.15, -0.1) is 0 Å². The van der Waals surface area contributed by atoms with E-state index in [0.29, 0.717) is 12.2 Å². The molecular formula is C15H21NO. The van der Waals surface area contributed by atoms with Crippen molar-refractivity contribution in [2.24, 2.45) is 5.92 Å². The minimum absolute atomic E-state index is 0.133. The molecule has 1 aromatic carbocycles. The van der Waals surface area contributed by atoms with Crippen molar-refractivity contribution in [1.29, 1.82) is 0 Å². The van der Waals surface area contributed by atoms with Gasteiger partial charge < -0.3 is 4.90 Å². The number of carbonyl (C=O) groups is 1. The number of ketones is 1. The topological polar surface area (TPSA) is 20.3 Å². The van der Waals surface area contributed by atoms with Crippen LogP contribution in [-0.2, 0) is 11.2 Å². The third-order valence-electron chi connectivity index (χ3n) is 3.43. The molecule has 92 valence electrons. The Balaban J connectivity index is 2.00. The predicted octanol–water partition coefficient (Wildman–Crippen LogP) is 3.05. The molecular weight excluding hydrogens is 210 g/mol. The smallest absolute Gasteiger partial charge is 0.139 e. The maximum Gasteiger partial charge on any atom is 0.139 e. The fourth-order valence-corrected chi connectivity index (χ4v) is 2.21. The summed E-state index contributed by atoms with van der Waals surface area (Å²) < 4.78 is 0. The summed E-state index contributed by atoms with van der Waals surface area (Å²) in [4.78, 5) is 14.1. The maximum atomic E-state index is 11.6. The van der Waals surface area contributed by atoms with Gasteiger partial charge >= 0.3 is 0 Å². The largest absolute Gasteiger partial charge is 0.372 e. The van der Waals surface area contributed by atoms with Crippen LogP contribution in [0.1, 0.15) is 32.3 Å². The molecule has 0 aromatic heterocycles. The normalized spacial score (nSPS) is 15.6. The lowest BCUT2D eigenvalue weighted by atomic mass is 10.0. The van der Waals surface area contributed by atoms with Crippen LogP contribution in [0.4, 0.5) is 5.69 Å². The zero-order chi connectivity index (χ0) is 12.3. The maximum absolute atomic E-state index is 11.6. The molecule has 0 spiro atoms. The van der Waals surface area contributed by atoms with Gasteiger partial charge in [-0.1, -0.05) is 26.0 Å². The highest BCUT2D eigenvalue weighted by Gasteiger charge is 2.12. The minimum Gasteiger partial charge on any atom is -0.372 e. The number of nitrogens with zero attached hydrogens (tertiary/aromatic N) is 1. The number of benzene rings is 1. The van der Waals surface area contributed by atoms with Crippen molar-refractivity contribution in [2.75, 3.05) is 18.0 Å². The summed E-state index contributed by atoms with van der Waals surface area (Å²) >= 11 is 0. The molecule has 0 radical (unpaired) electrons. The molecule has 0 atom stereocenters. The third kappa shape index (κ3) is 3.09. The van der Waals surface area contributed by atoms with Crippen LogP contribution < -0.4 is 4.90 Å². The lowest BCUT2D eigenvalue weighted by molar-refractivity contribution is -0.121. The van der Waals surface area contributed by atoms with Gasteiger partial charge in [-0.2, -0.15) is 0 Å². The molecule has 2 rings (SSSR count). The molecule has 1 aliphatic heterocycles. The molecule has 1 aromatic rings. The van der Waals surface area contributed by atoms with Gasteiger partial charge in [0.1, 0.15) is 5.78 Å². The Morgan fingerprint density at radius 3 is 2.29 bits per heavy atom. The summed E-state index contributed by atoms with van der Waals surface area (Å²) in [5.41, 5.74) is 2.43. The molecule has 0 unspecified atom stereocenters. The Labute approximate surface area is 104 Å². The second kappa shape index (κ2) is 5.35. The van der Waals surface area contributed by atoms with E-state index in [-0.39, 0.29) is 5.92 Å². The van der Waals surface area contributed by atoms with E-state index in [0.717, 1.165) is 5.56 Å². The van der Waals surface area contributed by atoms with Crippen LogP contribution in [-0.4, -0.2) is 18.9 Å².